The molecule has 0 aromatic heterocycles. The van der Waals surface area contributed by atoms with E-state index in [1.807, 2.05) is 14.0 Å². The Labute approximate surface area is 39.1 Å². The fraction of sp³-hybridized carbons (Fsp3) is 0.400. The molecule has 35 valence electrons. The Balaban J connectivity index is 3.22. The summed E-state index contributed by atoms with van der Waals surface area (Å²) in [5, 5.41) is 2.91. The maximum absolute atomic E-state index is 3.53. The van der Waals surface area contributed by atoms with Crippen LogP contribution in [0.5, 0.6) is 0 Å². The fourth-order valence-corrected chi connectivity index (χ4v) is 0.102. The number of hydrogen-bond acceptors (Lipinski definition) is 1. The van der Waals surface area contributed by atoms with Crippen molar-refractivity contribution in [2.75, 3.05) is 7.05 Å². The zero-order chi connectivity index (χ0) is 4.99. The quantitative estimate of drug-likeness (QED) is 0.498. The van der Waals surface area contributed by atoms with Crippen LogP contribution in [0.3, 0.4) is 0 Å². The van der Waals surface area contributed by atoms with Crippen LogP contribution in [0.25, 0.3) is 0 Å². The lowest BCUT2D eigenvalue weighted by atomic mass is 10.5. The summed E-state index contributed by atoms with van der Waals surface area (Å²) in [6.07, 6.45) is 1.78. The number of allylic oxidation sites excluding steroid dienone is 2. The Hall–Kier alpha value is -0.460. The molecule has 0 fully saturated rings. The molecule has 0 bridgehead atoms. The average Bonchev–Trinajstić information content (AvgIpc) is 1.65. The minimum Gasteiger partial charge on any atom is -0.392 e. The first-order chi connectivity index (χ1) is 2.81. The third-order valence-electron chi connectivity index (χ3n) is 0.701. The van der Waals surface area contributed by atoms with Crippen molar-refractivity contribution in [2.45, 2.75) is 6.92 Å². The molecule has 0 saturated heterocycles. The molecule has 0 amide bonds. The molecule has 0 atom stereocenters. The van der Waals surface area contributed by atoms with Crippen LogP contribution in [0.4, 0.5) is 0 Å². The molecule has 0 aliphatic rings. The van der Waals surface area contributed by atoms with E-state index in [0.717, 1.165) is 5.70 Å². The molecule has 0 heterocycles. The maximum Gasteiger partial charge on any atom is 0.00320 e. The Morgan fingerprint density at radius 3 is 2.33 bits per heavy atom. The van der Waals surface area contributed by atoms with Crippen molar-refractivity contribution in [1.82, 2.24) is 5.32 Å². The van der Waals surface area contributed by atoms with Gasteiger partial charge in [-0.1, -0.05) is 6.08 Å². The molecule has 0 rings (SSSR count). The van der Waals surface area contributed by atoms with Gasteiger partial charge in [0, 0.05) is 12.7 Å². The van der Waals surface area contributed by atoms with Crippen molar-refractivity contribution in [1.29, 1.82) is 0 Å². The van der Waals surface area contributed by atoms with Gasteiger partial charge in [0.1, 0.15) is 0 Å². The zero-order valence-corrected chi connectivity index (χ0v) is 4.28. The molecular weight excluding hydrogens is 74.1 g/mol. The van der Waals surface area contributed by atoms with Gasteiger partial charge < -0.3 is 5.32 Å². The van der Waals surface area contributed by atoms with Gasteiger partial charge in [-0.05, 0) is 13.8 Å². The summed E-state index contributed by atoms with van der Waals surface area (Å²) in [7, 11) is 1.87. The first-order valence-corrected chi connectivity index (χ1v) is 1.95. The molecular formula is C5H10N. The van der Waals surface area contributed by atoms with E-state index in [0.29, 0.717) is 0 Å². The van der Waals surface area contributed by atoms with Gasteiger partial charge in [0.15, 0.2) is 0 Å². The lowest BCUT2D eigenvalue weighted by Crippen LogP contribution is -1.99. The van der Waals surface area contributed by atoms with Crippen LogP contribution in [0.2, 0.25) is 0 Å². The Morgan fingerprint density at radius 2 is 2.33 bits per heavy atom. The highest BCUT2D eigenvalue weighted by Gasteiger charge is 1.69. The van der Waals surface area contributed by atoms with Gasteiger partial charge in [-0.15, -0.1) is 0 Å². The van der Waals surface area contributed by atoms with Gasteiger partial charge in [-0.25, -0.2) is 0 Å². The molecule has 1 heteroatoms. The molecule has 1 radical (unpaired) electrons. The molecule has 0 spiro atoms. The zero-order valence-electron chi connectivity index (χ0n) is 4.28. The summed E-state index contributed by atoms with van der Waals surface area (Å²) in [6, 6.07) is 0. The van der Waals surface area contributed by atoms with E-state index in [1.165, 1.54) is 0 Å². The summed E-state index contributed by atoms with van der Waals surface area (Å²) < 4.78 is 0. The molecule has 0 saturated carbocycles. The van der Waals surface area contributed by atoms with Crippen molar-refractivity contribution in [3.05, 3.63) is 18.7 Å². The van der Waals surface area contributed by atoms with Crippen LogP contribution < -0.4 is 5.32 Å². The molecule has 1 nitrogen and oxygen atoms in total. The van der Waals surface area contributed by atoms with Crippen LogP contribution in [-0.2, 0) is 0 Å². The second kappa shape index (κ2) is 2.76. The second-order valence-electron chi connectivity index (χ2n) is 1.14. The third-order valence-corrected chi connectivity index (χ3v) is 0.701. The predicted octanol–water partition coefficient (Wildman–Crippen LogP) is 0.944. The molecule has 0 aromatic rings. The van der Waals surface area contributed by atoms with E-state index in [1.54, 1.807) is 6.08 Å². The SMILES string of the molecule is [CH2]C=C(C)NC. The monoisotopic (exact) mass is 84.1 g/mol. The summed E-state index contributed by atoms with van der Waals surface area (Å²) in [5.41, 5.74) is 1.11. The minimum absolute atomic E-state index is 1.11. The molecule has 6 heavy (non-hydrogen) atoms. The third kappa shape index (κ3) is 1.82. The summed E-state index contributed by atoms with van der Waals surface area (Å²) in [6.45, 7) is 5.50. The number of rotatable bonds is 1. The van der Waals surface area contributed by atoms with E-state index in [2.05, 4.69) is 12.2 Å². The van der Waals surface area contributed by atoms with Crippen LogP contribution >= 0.6 is 0 Å². The Bertz CT molecular complexity index is 55.0. The molecule has 1 N–H and O–H groups in total. The smallest absolute Gasteiger partial charge is 0.00320 e. The summed E-state index contributed by atoms with van der Waals surface area (Å²) in [5.74, 6) is 0. The molecule has 0 aromatic carbocycles. The van der Waals surface area contributed by atoms with Crippen LogP contribution in [0, 0.1) is 6.92 Å². The largest absolute Gasteiger partial charge is 0.392 e. The highest BCUT2D eigenvalue weighted by molar-refractivity contribution is 4.95. The Kier molecular flexibility index (Phi) is 2.55. The van der Waals surface area contributed by atoms with E-state index >= 15 is 0 Å². The van der Waals surface area contributed by atoms with Crippen molar-refractivity contribution in [3.63, 3.8) is 0 Å². The van der Waals surface area contributed by atoms with Crippen molar-refractivity contribution >= 4 is 0 Å². The van der Waals surface area contributed by atoms with E-state index in [-0.39, 0.29) is 0 Å². The summed E-state index contributed by atoms with van der Waals surface area (Å²) >= 11 is 0. The number of hydrogen-bond donors (Lipinski definition) is 1. The van der Waals surface area contributed by atoms with Crippen LogP contribution in [-0.4, -0.2) is 7.05 Å². The van der Waals surface area contributed by atoms with Crippen molar-refractivity contribution in [2.24, 2.45) is 0 Å². The highest BCUT2D eigenvalue weighted by atomic mass is 14.8. The second-order valence-corrected chi connectivity index (χ2v) is 1.14. The fourth-order valence-electron chi connectivity index (χ4n) is 0.102. The van der Waals surface area contributed by atoms with Gasteiger partial charge in [-0.3, -0.25) is 0 Å². The van der Waals surface area contributed by atoms with E-state index < -0.39 is 0 Å². The van der Waals surface area contributed by atoms with Gasteiger partial charge in [-0.2, -0.15) is 0 Å². The molecule has 0 unspecified atom stereocenters. The summed E-state index contributed by atoms with van der Waals surface area (Å²) in [4.78, 5) is 0. The number of nitrogens with one attached hydrogen (secondary N) is 1. The topological polar surface area (TPSA) is 12.0 Å². The first kappa shape index (κ1) is 5.54. The lowest BCUT2D eigenvalue weighted by Gasteiger charge is -1.91. The van der Waals surface area contributed by atoms with Gasteiger partial charge >= 0.3 is 0 Å². The predicted molar refractivity (Wildman–Crippen MR) is 28.2 cm³/mol. The Morgan fingerprint density at radius 1 is 1.83 bits per heavy atom. The first-order valence-electron chi connectivity index (χ1n) is 1.95. The molecule has 0 aliphatic carbocycles. The van der Waals surface area contributed by atoms with Crippen molar-refractivity contribution < 1.29 is 0 Å². The normalized spacial score (nSPS) is 11.5. The maximum atomic E-state index is 3.53. The van der Waals surface area contributed by atoms with Gasteiger partial charge in [0.25, 0.3) is 0 Å². The minimum atomic E-state index is 1.11. The van der Waals surface area contributed by atoms with Gasteiger partial charge in [0.05, 0.1) is 0 Å². The van der Waals surface area contributed by atoms with Crippen LogP contribution in [0.1, 0.15) is 6.92 Å². The van der Waals surface area contributed by atoms with E-state index in [9.17, 15) is 0 Å². The van der Waals surface area contributed by atoms with E-state index in [4.69, 9.17) is 0 Å². The molecule has 0 aliphatic heterocycles. The lowest BCUT2D eigenvalue weighted by molar-refractivity contribution is 0.990. The highest BCUT2D eigenvalue weighted by Crippen LogP contribution is 1.77. The van der Waals surface area contributed by atoms with Crippen molar-refractivity contribution in [3.8, 4) is 0 Å². The van der Waals surface area contributed by atoms with Gasteiger partial charge in [0.2, 0.25) is 0 Å². The standard InChI is InChI=1S/C5H10N/c1-4-5(2)6-3/h4,6H,1H2,2-3H3. The van der Waals surface area contributed by atoms with Crippen LogP contribution in [0.15, 0.2) is 11.8 Å². The average molecular weight is 84.1 g/mol.